The van der Waals surface area contributed by atoms with Crippen LogP contribution in [-0.2, 0) is 30.3 Å². The molecule has 10 heteroatoms. The number of hydrogen-bond acceptors (Lipinski definition) is 8. The quantitative estimate of drug-likeness (QED) is 0.402. The number of halogens is 1. The van der Waals surface area contributed by atoms with Gasteiger partial charge in [-0.05, 0) is 42.5 Å². The van der Waals surface area contributed by atoms with Crippen LogP contribution < -0.4 is 0 Å². The molecule has 2 aliphatic rings. The molecule has 0 N–H and O–H groups in total. The molecule has 0 saturated heterocycles. The van der Waals surface area contributed by atoms with E-state index < -0.39 is 17.9 Å². The highest BCUT2D eigenvalue weighted by Gasteiger charge is 2.31. The predicted octanol–water partition coefficient (Wildman–Crippen LogP) is 2.24. The van der Waals surface area contributed by atoms with Crippen LogP contribution in [0, 0.1) is 9.49 Å². The minimum atomic E-state index is -0.659. The van der Waals surface area contributed by atoms with E-state index >= 15 is 0 Å². The van der Waals surface area contributed by atoms with Gasteiger partial charge < -0.3 is 18.9 Å². The number of aromatic nitrogens is 2. The van der Waals surface area contributed by atoms with Crippen molar-refractivity contribution in [2.45, 2.75) is 26.8 Å². The Kier molecular flexibility index (Phi) is 6.93. The first-order chi connectivity index (χ1) is 14.0. The Hall–Kier alpha value is -2.37. The summed E-state index contributed by atoms with van der Waals surface area (Å²) in [4.78, 5) is 37.5. The van der Waals surface area contributed by atoms with Crippen molar-refractivity contribution in [3.63, 3.8) is 0 Å². The van der Waals surface area contributed by atoms with E-state index in [0.717, 1.165) is 0 Å². The van der Waals surface area contributed by atoms with Crippen molar-refractivity contribution in [3.05, 3.63) is 38.6 Å². The first-order valence-corrected chi connectivity index (χ1v) is 10.3. The summed E-state index contributed by atoms with van der Waals surface area (Å²) in [7, 11) is 0. The summed E-state index contributed by atoms with van der Waals surface area (Å²) >= 11 is 1.84. The average molecular weight is 516 g/mol. The van der Waals surface area contributed by atoms with E-state index in [1.165, 1.54) is 4.68 Å². The van der Waals surface area contributed by atoms with Crippen LogP contribution in [0.3, 0.4) is 0 Å². The number of carbonyl (C=O) groups excluding carboxylic acids is 3. The number of Topliss-reactive ketones (excluding diaryl/α,β-unsaturated/α-hetero) is 1. The lowest BCUT2D eigenvalue weighted by Crippen LogP contribution is -2.26. The first-order valence-electron chi connectivity index (χ1n) is 9.26. The van der Waals surface area contributed by atoms with Gasteiger partial charge in [0, 0.05) is 12.3 Å². The third-order valence-electron chi connectivity index (χ3n) is 4.33. The van der Waals surface area contributed by atoms with E-state index in [-0.39, 0.29) is 36.9 Å². The molecule has 0 radical (unpaired) electrons. The summed E-state index contributed by atoms with van der Waals surface area (Å²) in [6, 6.07) is 0. The molecule has 2 heterocycles. The van der Waals surface area contributed by atoms with Crippen LogP contribution in [0.2, 0.25) is 0 Å². The number of nitrogens with zero attached hydrogens (tertiary/aromatic N) is 2. The van der Waals surface area contributed by atoms with E-state index in [1.807, 2.05) is 22.6 Å². The second-order valence-corrected chi connectivity index (χ2v) is 7.31. The molecule has 0 aromatic carbocycles. The Balaban J connectivity index is 1.83. The molecule has 0 fully saturated rings. The molecule has 0 saturated carbocycles. The van der Waals surface area contributed by atoms with Gasteiger partial charge in [-0.1, -0.05) is 6.08 Å². The van der Waals surface area contributed by atoms with Gasteiger partial charge in [-0.3, -0.25) is 4.79 Å². The summed E-state index contributed by atoms with van der Waals surface area (Å²) in [6.07, 6.45) is 3.85. The number of esters is 2. The number of ether oxygens (including phenoxy) is 4. The highest BCUT2D eigenvalue weighted by molar-refractivity contribution is 14.1. The van der Waals surface area contributed by atoms with Crippen LogP contribution in [-0.4, -0.2) is 53.9 Å². The number of allylic oxidation sites excluding steroid dienone is 3. The third kappa shape index (κ3) is 4.62. The van der Waals surface area contributed by atoms with Gasteiger partial charge in [0.2, 0.25) is 0 Å². The second-order valence-electron chi connectivity index (χ2n) is 6.23. The molecule has 0 amide bonds. The normalized spacial score (nSPS) is 17.8. The number of hydrogen-bond donors (Lipinski definition) is 0. The molecule has 1 unspecified atom stereocenters. The van der Waals surface area contributed by atoms with Gasteiger partial charge in [0.25, 0.3) is 0 Å². The number of carbonyl (C=O) groups is 3. The fraction of sp³-hybridized carbons (Fsp3) is 0.474. The Morgan fingerprint density at radius 2 is 1.86 bits per heavy atom. The van der Waals surface area contributed by atoms with Crippen LogP contribution >= 0.6 is 22.6 Å². The van der Waals surface area contributed by atoms with Crippen molar-refractivity contribution in [3.8, 4) is 0 Å². The Bertz CT molecular complexity index is 887. The van der Waals surface area contributed by atoms with Gasteiger partial charge in [0.1, 0.15) is 25.5 Å². The van der Waals surface area contributed by atoms with Crippen LogP contribution in [0.1, 0.15) is 41.2 Å². The van der Waals surface area contributed by atoms with Crippen molar-refractivity contribution >= 4 is 40.3 Å². The zero-order valence-corrected chi connectivity index (χ0v) is 18.3. The minimum absolute atomic E-state index is 0.0171. The number of rotatable bonds is 7. The lowest BCUT2D eigenvalue weighted by molar-refractivity contribution is -0.122. The van der Waals surface area contributed by atoms with Crippen molar-refractivity contribution < 1.29 is 33.3 Å². The van der Waals surface area contributed by atoms with Crippen molar-refractivity contribution in [2.24, 2.45) is 5.92 Å². The standard InChI is InChI=1S/C19H21IN2O7/c1-3-26-18(24)16-15(20)17(19(25)27-4-2)22(21-16)10-12(23)11-5-6-13-14(9-11)29-8-7-28-13/h5-6,11H,3-4,7-10H2,1-2H3. The SMILES string of the molecule is CCOC(=O)c1nn(CC(=O)C2C=CC3=C(C2)OCCO3)c(C(=O)OCC)c1I. The molecular formula is C19H21IN2O7. The zero-order valence-electron chi connectivity index (χ0n) is 16.1. The fourth-order valence-electron chi connectivity index (χ4n) is 3.00. The van der Waals surface area contributed by atoms with Gasteiger partial charge in [-0.2, -0.15) is 5.10 Å². The molecule has 1 aliphatic carbocycles. The van der Waals surface area contributed by atoms with E-state index in [0.29, 0.717) is 34.7 Å². The molecule has 9 nitrogen and oxygen atoms in total. The third-order valence-corrected chi connectivity index (χ3v) is 5.35. The smallest absolute Gasteiger partial charge is 0.359 e. The monoisotopic (exact) mass is 516 g/mol. The molecule has 1 aliphatic heterocycles. The topological polar surface area (TPSA) is 106 Å². The summed E-state index contributed by atoms with van der Waals surface area (Å²) in [5.41, 5.74) is 0.0392. The second kappa shape index (κ2) is 9.42. The van der Waals surface area contributed by atoms with Crippen LogP contribution in [0.15, 0.2) is 23.7 Å². The highest BCUT2D eigenvalue weighted by Crippen LogP contribution is 2.29. The largest absolute Gasteiger partial charge is 0.490 e. The van der Waals surface area contributed by atoms with Crippen molar-refractivity contribution in [2.75, 3.05) is 26.4 Å². The molecule has 156 valence electrons. The molecule has 29 heavy (non-hydrogen) atoms. The predicted molar refractivity (Wildman–Crippen MR) is 108 cm³/mol. The van der Waals surface area contributed by atoms with Gasteiger partial charge in [0.15, 0.2) is 22.9 Å². The highest BCUT2D eigenvalue weighted by atomic mass is 127. The van der Waals surface area contributed by atoms with Gasteiger partial charge in [-0.15, -0.1) is 0 Å². The van der Waals surface area contributed by atoms with E-state index in [1.54, 1.807) is 26.0 Å². The molecular weight excluding hydrogens is 495 g/mol. The van der Waals surface area contributed by atoms with Crippen LogP contribution in [0.25, 0.3) is 0 Å². The lowest BCUT2D eigenvalue weighted by Gasteiger charge is -2.25. The van der Waals surface area contributed by atoms with E-state index in [2.05, 4.69) is 5.10 Å². The van der Waals surface area contributed by atoms with Crippen LogP contribution in [0.5, 0.6) is 0 Å². The Morgan fingerprint density at radius 1 is 1.17 bits per heavy atom. The zero-order chi connectivity index (χ0) is 21.0. The van der Waals surface area contributed by atoms with Crippen molar-refractivity contribution in [1.82, 2.24) is 9.78 Å². The van der Waals surface area contributed by atoms with Crippen molar-refractivity contribution in [1.29, 1.82) is 0 Å². The maximum atomic E-state index is 12.9. The minimum Gasteiger partial charge on any atom is -0.490 e. The summed E-state index contributed by atoms with van der Waals surface area (Å²) in [6.45, 7) is 4.40. The molecule has 1 atom stereocenters. The molecule has 0 spiro atoms. The average Bonchev–Trinajstić information content (AvgIpc) is 3.04. The van der Waals surface area contributed by atoms with Gasteiger partial charge in [0.05, 0.1) is 16.8 Å². The molecule has 0 bridgehead atoms. The summed E-state index contributed by atoms with van der Waals surface area (Å²) < 4.78 is 22.7. The first kappa shape index (κ1) is 21.3. The Morgan fingerprint density at radius 3 is 2.59 bits per heavy atom. The molecule has 3 rings (SSSR count). The summed E-state index contributed by atoms with van der Waals surface area (Å²) in [5.74, 6) is -0.648. The van der Waals surface area contributed by atoms with Gasteiger partial charge in [-0.25, -0.2) is 14.3 Å². The lowest BCUT2D eigenvalue weighted by atomic mass is 9.94. The van der Waals surface area contributed by atoms with Crippen LogP contribution in [0.4, 0.5) is 0 Å². The van der Waals surface area contributed by atoms with Gasteiger partial charge >= 0.3 is 11.9 Å². The molecule has 1 aromatic heterocycles. The maximum Gasteiger partial charge on any atom is 0.359 e. The number of ketones is 1. The maximum absolute atomic E-state index is 12.9. The Labute approximate surface area is 181 Å². The van der Waals surface area contributed by atoms with E-state index in [9.17, 15) is 14.4 Å². The summed E-state index contributed by atoms with van der Waals surface area (Å²) in [5, 5.41) is 4.17. The molecule has 1 aromatic rings. The van der Waals surface area contributed by atoms with E-state index in [4.69, 9.17) is 18.9 Å². The fourth-order valence-corrected chi connectivity index (χ4v) is 3.83.